The zero-order chi connectivity index (χ0) is 22.3. The molecule has 0 bridgehead atoms. The molecule has 1 atom stereocenters. The number of aliphatic imine (C=N–C) groups is 1. The maximum absolute atomic E-state index is 13.0. The normalized spacial score (nSPS) is 24.5. The van der Waals surface area contributed by atoms with Crippen molar-refractivity contribution in [1.29, 1.82) is 0 Å². The summed E-state index contributed by atoms with van der Waals surface area (Å²) in [4.78, 5) is 6.83. The second-order valence-corrected chi connectivity index (χ2v) is 9.13. The van der Waals surface area contributed by atoms with E-state index in [0.717, 1.165) is 67.3 Å². The van der Waals surface area contributed by atoms with Gasteiger partial charge in [0, 0.05) is 23.7 Å². The molecule has 168 valence electrons. The van der Waals surface area contributed by atoms with Gasteiger partial charge in [-0.05, 0) is 74.9 Å². The fourth-order valence-electron chi connectivity index (χ4n) is 3.53. The first-order valence-corrected chi connectivity index (χ1v) is 12.1. The Labute approximate surface area is 191 Å². The van der Waals surface area contributed by atoms with Gasteiger partial charge in [0.05, 0.1) is 5.56 Å². The van der Waals surface area contributed by atoms with E-state index < -0.39 is 11.7 Å². The molecule has 1 aromatic carbocycles. The number of benzene rings is 1. The van der Waals surface area contributed by atoms with Crippen LogP contribution in [0.5, 0.6) is 0 Å². The molecular weight excluding hydrogens is 439 g/mol. The molecule has 2 aliphatic rings. The molecule has 1 saturated heterocycles. The lowest BCUT2D eigenvalue weighted by Gasteiger charge is -2.21. The van der Waals surface area contributed by atoms with Gasteiger partial charge in [0.15, 0.2) is 10.3 Å². The molecular formula is C23H28F3N3S2. The Hall–Kier alpha value is -1.80. The van der Waals surface area contributed by atoms with Crippen molar-refractivity contribution in [2.75, 3.05) is 17.6 Å². The maximum Gasteiger partial charge on any atom is 0.416 e. The van der Waals surface area contributed by atoms with Gasteiger partial charge in [-0.15, -0.1) is 0 Å². The third kappa shape index (κ3) is 7.10. The van der Waals surface area contributed by atoms with Crippen molar-refractivity contribution in [2.45, 2.75) is 51.6 Å². The SMILES string of the molecule is CCC1/C=C(/N=C2\SCCN2C(=S)Nc2cccc(C(F)(F)F)c2)CCCC/C=C\C1. The van der Waals surface area contributed by atoms with Crippen LogP contribution in [0.1, 0.15) is 51.0 Å². The van der Waals surface area contributed by atoms with Crippen LogP contribution in [0.15, 0.2) is 53.2 Å². The molecule has 0 saturated carbocycles. The third-order valence-electron chi connectivity index (χ3n) is 5.31. The Bertz CT molecular complexity index is 862. The fourth-order valence-corrected chi connectivity index (χ4v) is 4.86. The summed E-state index contributed by atoms with van der Waals surface area (Å²) in [6, 6.07) is 5.10. The number of amidine groups is 1. The Morgan fingerprint density at radius 2 is 2.13 bits per heavy atom. The summed E-state index contributed by atoms with van der Waals surface area (Å²) >= 11 is 7.16. The summed E-state index contributed by atoms with van der Waals surface area (Å²) < 4.78 is 39.0. The monoisotopic (exact) mass is 467 g/mol. The van der Waals surface area contributed by atoms with E-state index in [-0.39, 0.29) is 0 Å². The number of thiocarbonyl (C=S) groups is 1. The zero-order valence-corrected chi connectivity index (χ0v) is 19.3. The van der Waals surface area contributed by atoms with Crippen molar-refractivity contribution < 1.29 is 13.2 Å². The molecule has 0 amide bonds. The number of nitrogens with one attached hydrogen (secondary N) is 1. The summed E-state index contributed by atoms with van der Waals surface area (Å²) in [5, 5.41) is 4.15. The van der Waals surface area contributed by atoms with Crippen molar-refractivity contribution in [3.63, 3.8) is 0 Å². The topological polar surface area (TPSA) is 27.6 Å². The van der Waals surface area contributed by atoms with Gasteiger partial charge in [-0.2, -0.15) is 13.2 Å². The summed E-state index contributed by atoms with van der Waals surface area (Å²) in [6.45, 7) is 2.87. The van der Waals surface area contributed by atoms with Crippen molar-refractivity contribution in [1.82, 2.24) is 4.90 Å². The second-order valence-electron chi connectivity index (χ2n) is 7.68. The van der Waals surface area contributed by atoms with Crippen LogP contribution >= 0.6 is 24.0 Å². The van der Waals surface area contributed by atoms with Crippen LogP contribution < -0.4 is 5.32 Å². The molecule has 3 nitrogen and oxygen atoms in total. The predicted molar refractivity (Wildman–Crippen MR) is 128 cm³/mol. The van der Waals surface area contributed by atoms with E-state index in [2.05, 4.69) is 30.5 Å². The molecule has 1 unspecified atom stereocenters. The van der Waals surface area contributed by atoms with Crippen LogP contribution in [0.4, 0.5) is 18.9 Å². The highest BCUT2D eigenvalue weighted by Crippen LogP contribution is 2.31. The molecule has 0 radical (unpaired) electrons. The Kier molecular flexibility index (Phi) is 8.60. The van der Waals surface area contributed by atoms with E-state index in [1.54, 1.807) is 17.8 Å². The van der Waals surface area contributed by atoms with Crippen LogP contribution in [0, 0.1) is 5.92 Å². The first-order chi connectivity index (χ1) is 14.9. The van der Waals surface area contributed by atoms with Gasteiger partial charge < -0.3 is 5.32 Å². The van der Waals surface area contributed by atoms with E-state index >= 15 is 0 Å². The minimum absolute atomic E-state index is 0.326. The first kappa shape index (κ1) is 23.9. The maximum atomic E-state index is 13.0. The van der Waals surface area contributed by atoms with E-state index in [1.165, 1.54) is 6.07 Å². The van der Waals surface area contributed by atoms with E-state index in [4.69, 9.17) is 17.2 Å². The van der Waals surface area contributed by atoms with Crippen LogP contribution in [-0.4, -0.2) is 27.5 Å². The first-order valence-electron chi connectivity index (χ1n) is 10.7. The number of nitrogens with zero attached hydrogens (tertiary/aromatic N) is 2. The number of halogens is 3. The number of allylic oxidation sites excluding steroid dienone is 4. The van der Waals surface area contributed by atoms with Crippen LogP contribution in [0.3, 0.4) is 0 Å². The van der Waals surface area contributed by atoms with Gasteiger partial charge >= 0.3 is 6.18 Å². The summed E-state index contributed by atoms with van der Waals surface area (Å²) in [5.74, 6) is 1.31. The molecule has 1 fully saturated rings. The average molecular weight is 468 g/mol. The largest absolute Gasteiger partial charge is 0.416 e. The number of rotatable bonds is 3. The van der Waals surface area contributed by atoms with Crippen LogP contribution in [0.2, 0.25) is 0 Å². The molecule has 1 aliphatic heterocycles. The summed E-state index contributed by atoms with van der Waals surface area (Å²) in [6.07, 6.45) is 8.78. The standard InChI is InChI=1S/C23H28F3N3S2/c1-2-17-9-6-4-3-5-7-11-19(15-17)28-22-29(13-14-31-22)21(30)27-20-12-8-10-18(16-20)23(24,25)26/h4,6,8,10,12,15-17H,2-3,5,7,9,11,13-14H2,1H3,(H,27,30)/b6-4-,19-15+,28-22-. The van der Waals surface area contributed by atoms with E-state index in [1.807, 2.05) is 4.90 Å². The summed E-state index contributed by atoms with van der Waals surface area (Å²) in [5.41, 5.74) is 0.710. The van der Waals surface area contributed by atoms with Crippen molar-refractivity contribution in [3.8, 4) is 0 Å². The van der Waals surface area contributed by atoms with Crippen molar-refractivity contribution in [3.05, 3.63) is 53.8 Å². The Morgan fingerprint density at radius 1 is 1.29 bits per heavy atom. The molecule has 1 N–H and O–H groups in total. The van der Waals surface area contributed by atoms with Gasteiger partial charge in [-0.25, -0.2) is 4.99 Å². The van der Waals surface area contributed by atoms with E-state index in [9.17, 15) is 13.2 Å². The minimum atomic E-state index is -4.39. The molecule has 3 rings (SSSR count). The van der Waals surface area contributed by atoms with Gasteiger partial charge in [0.2, 0.25) is 0 Å². The fraction of sp³-hybridized carbons (Fsp3) is 0.478. The number of anilines is 1. The van der Waals surface area contributed by atoms with Crippen LogP contribution in [0.25, 0.3) is 0 Å². The number of alkyl halides is 3. The quantitative estimate of drug-likeness (QED) is 0.375. The molecule has 0 spiro atoms. The lowest BCUT2D eigenvalue weighted by atomic mass is 9.97. The Morgan fingerprint density at radius 3 is 2.90 bits per heavy atom. The van der Waals surface area contributed by atoms with Crippen LogP contribution in [-0.2, 0) is 6.18 Å². The highest BCUT2D eigenvalue weighted by molar-refractivity contribution is 8.14. The zero-order valence-electron chi connectivity index (χ0n) is 17.6. The lowest BCUT2D eigenvalue weighted by Crippen LogP contribution is -2.35. The smallest absolute Gasteiger partial charge is 0.332 e. The van der Waals surface area contributed by atoms with Crippen molar-refractivity contribution >= 4 is 39.9 Å². The Balaban J connectivity index is 1.76. The van der Waals surface area contributed by atoms with Gasteiger partial charge in [-0.1, -0.05) is 43.0 Å². The molecule has 0 aromatic heterocycles. The number of hydrogen-bond acceptors (Lipinski definition) is 3. The van der Waals surface area contributed by atoms with Gasteiger partial charge in [0.1, 0.15) is 0 Å². The average Bonchev–Trinajstić information content (AvgIpc) is 3.20. The van der Waals surface area contributed by atoms with Gasteiger partial charge in [-0.3, -0.25) is 4.90 Å². The number of hydrogen-bond donors (Lipinski definition) is 1. The lowest BCUT2D eigenvalue weighted by molar-refractivity contribution is -0.137. The minimum Gasteiger partial charge on any atom is -0.332 e. The summed E-state index contributed by atoms with van der Waals surface area (Å²) in [7, 11) is 0. The molecule has 1 aromatic rings. The predicted octanol–water partition coefficient (Wildman–Crippen LogP) is 7.24. The number of thioether (sulfide) groups is 1. The highest BCUT2D eigenvalue weighted by Gasteiger charge is 2.31. The second kappa shape index (κ2) is 11.2. The van der Waals surface area contributed by atoms with E-state index in [0.29, 0.717) is 23.3 Å². The van der Waals surface area contributed by atoms with Crippen molar-refractivity contribution in [2.24, 2.45) is 10.9 Å². The third-order valence-corrected chi connectivity index (χ3v) is 6.59. The molecule has 1 heterocycles. The molecule has 1 aliphatic carbocycles. The molecule has 8 heteroatoms. The molecule has 31 heavy (non-hydrogen) atoms. The van der Waals surface area contributed by atoms with Gasteiger partial charge in [0.25, 0.3) is 0 Å². The highest BCUT2D eigenvalue weighted by atomic mass is 32.2.